The number of hydrogen-bond acceptors (Lipinski definition) is 5. The van der Waals surface area contributed by atoms with E-state index in [4.69, 9.17) is 9.47 Å². The Hall–Kier alpha value is -4.09. The molecule has 0 amide bonds. The molecule has 0 spiro atoms. The molecule has 0 bridgehead atoms. The van der Waals surface area contributed by atoms with Crippen LogP contribution in [0.15, 0.2) is 97.1 Å². The van der Waals surface area contributed by atoms with Gasteiger partial charge in [-0.15, -0.1) is 11.8 Å². The average Bonchev–Trinajstić information content (AvgIpc) is 2.95. The van der Waals surface area contributed by atoms with E-state index in [-0.39, 0.29) is 22.0 Å². The minimum absolute atomic E-state index is 0.0516. The molecule has 0 aliphatic rings. The summed E-state index contributed by atoms with van der Waals surface area (Å²) in [6, 6.07) is 28.0. The van der Waals surface area contributed by atoms with Gasteiger partial charge in [0.1, 0.15) is 0 Å². The van der Waals surface area contributed by atoms with Crippen molar-refractivity contribution >= 4 is 23.9 Å². The molecule has 2 atom stereocenters. The van der Waals surface area contributed by atoms with E-state index in [2.05, 4.69) is 86.7 Å². The lowest BCUT2D eigenvalue weighted by atomic mass is 10.1. The van der Waals surface area contributed by atoms with Gasteiger partial charge < -0.3 is 19.7 Å². The van der Waals surface area contributed by atoms with Gasteiger partial charge in [0.05, 0.1) is 14.2 Å². The Morgan fingerprint density at radius 3 is 1.33 bits per heavy atom. The van der Waals surface area contributed by atoms with Crippen LogP contribution in [0.3, 0.4) is 0 Å². The minimum atomic E-state index is 0.0516. The van der Waals surface area contributed by atoms with Gasteiger partial charge in [0, 0.05) is 10.5 Å². The highest BCUT2D eigenvalue weighted by molar-refractivity contribution is 8.00. The third-order valence-corrected chi connectivity index (χ3v) is 7.88. The van der Waals surface area contributed by atoms with Crippen molar-refractivity contribution in [3.8, 4) is 23.0 Å². The zero-order valence-electron chi connectivity index (χ0n) is 22.7. The molecule has 2 N–H and O–H groups in total. The van der Waals surface area contributed by atoms with Crippen molar-refractivity contribution in [1.29, 1.82) is 0 Å². The van der Waals surface area contributed by atoms with E-state index in [9.17, 15) is 10.2 Å². The van der Waals surface area contributed by atoms with Gasteiger partial charge in [-0.1, -0.05) is 96.1 Å². The predicted molar refractivity (Wildman–Crippen MR) is 163 cm³/mol. The van der Waals surface area contributed by atoms with Crippen molar-refractivity contribution in [1.82, 2.24) is 0 Å². The summed E-state index contributed by atoms with van der Waals surface area (Å²) < 4.78 is 10.6. The first-order valence-corrected chi connectivity index (χ1v) is 13.7. The molecule has 0 radical (unpaired) electrons. The smallest absolute Gasteiger partial charge is 0.161 e. The summed E-state index contributed by atoms with van der Waals surface area (Å²) in [5.74, 6) is 1.13. The first-order chi connectivity index (χ1) is 18.9. The van der Waals surface area contributed by atoms with Crippen LogP contribution in [-0.2, 0) is 0 Å². The molecule has 0 saturated heterocycles. The number of hydrogen-bond donors (Lipinski definition) is 2. The summed E-state index contributed by atoms with van der Waals surface area (Å²) in [4.78, 5) is 0. The molecule has 4 aromatic carbocycles. The van der Waals surface area contributed by atoms with E-state index >= 15 is 0 Å². The molecule has 0 aliphatic carbocycles. The van der Waals surface area contributed by atoms with Crippen LogP contribution in [0, 0.1) is 13.8 Å². The van der Waals surface area contributed by atoms with Crippen molar-refractivity contribution in [3.63, 3.8) is 0 Å². The second-order valence-corrected chi connectivity index (χ2v) is 10.7. The van der Waals surface area contributed by atoms with Crippen LogP contribution in [0.4, 0.5) is 0 Å². The van der Waals surface area contributed by atoms with Crippen LogP contribution < -0.4 is 9.47 Å². The number of aromatic hydroxyl groups is 2. The molecule has 39 heavy (non-hydrogen) atoms. The molecule has 0 saturated carbocycles. The molecule has 4 nitrogen and oxygen atoms in total. The van der Waals surface area contributed by atoms with Gasteiger partial charge in [-0.3, -0.25) is 0 Å². The fourth-order valence-corrected chi connectivity index (χ4v) is 5.42. The Balaban J connectivity index is 1.70. The molecule has 4 rings (SSSR count). The minimum Gasteiger partial charge on any atom is -0.504 e. The molecule has 4 aromatic rings. The van der Waals surface area contributed by atoms with Gasteiger partial charge in [-0.2, -0.15) is 0 Å². The molecule has 0 aromatic heterocycles. The summed E-state index contributed by atoms with van der Waals surface area (Å²) in [5, 5.41) is 20.1. The molecule has 0 heterocycles. The Labute approximate surface area is 235 Å². The lowest BCUT2D eigenvalue weighted by Crippen LogP contribution is -1.98. The third-order valence-electron chi connectivity index (χ3n) is 6.44. The van der Waals surface area contributed by atoms with Crippen LogP contribution in [0.5, 0.6) is 23.0 Å². The number of rotatable bonds is 10. The van der Waals surface area contributed by atoms with Gasteiger partial charge in [0.25, 0.3) is 0 Å². The summed E-state index contributed by atoms with van der Waals surface area (Å²) in [6.07, 6.45) is 8.53. The highest BCUT2D eigenvalue weighted by Crippen LogP contribution is 2.43. The number of benzene rings is 4. The third kappa shape index (κ3) is 7.49. The van der Waals surface area contributed by atoms with E-state index in [1.165, 1.54) is 22.3 Å². The molecular formula is C34H34O4S. The molecule has 2 unspecified atom stereocenters. The van der Waals surface area contributed by atoms with E-state index in [0.29, 0.717) is 11.5 Å². The Bertz CT molecular complexity index is 1330. The largest absolute Gasteiger partial charge is 0.504 e. The molecule has 0 aliphatic heterocycles. The number of aryl methyl sites for hydroxylation is 2. The predicted octanol–water partition coefficient (Wildman–Crippen LogP) is 8.67. The zero-order chi connectivity index (χ0) is 27.8. The summed E-state index contributed by atoms with van der Waals surface area (Å²) in [5.41, 5.74) is 6.72. The van der Waals surface area contributed by atoms with Crippen LogP contribution >= 0.6 is 11.8 Å². The number of phenols is 2. The van der Waals surface area contributed by atoms with Crippen molar-refractivity contribution in [2.45, 2.75) is 24.3 Å². The van der Waals surface area contributed by atoms with Gasteiger partial charge >= 0.3 is 0 Å². The fraction of sp³-hybridized carbons (Fsp3) is 0.176. The van der Waals surface area contributed by atoms with Crippen LogP contribution in [0.1, 0.15) is 43.9 Å². The summed E-state index contributed by atoms with van der Waals surface area (Å²) in [6.45, 7) is 4.18. The maximum Gasteiger partial charge on any atom is 0.161 e. The standard InChI is InChI=1S/C34H34O4S/c1-23-5-13-27(14-6-23)33(19-11-25-9-17-29(35)31(21-25)37-3)39-34(28-15-7-24(2)8-16-28)20-12-26-10-18-30(36)32(22-26)38-4/h5-22,33-36H,1-4H3/b19-11-,20-12?. The topological polar surface area (TPSA) is 58.9 Å². The number of phenolic OH excluding ortho intramolecular Hbond substituents is 2. The van der Waals surface area contributed by atoms with E-state index in [1.807, 2.05) is 36.0 Å². The zero-order valence-corrected chi connectivity index (χ0v) is 23.5. The van der Waals surface area contributed by atoms with E-state index in [1.54, 1.807) is 26.4 Å². The Morgan fingerprint density at radius 1 is 0.590 bits per heavy atom. The van der Waals surface area contributed by atoms with Crippen molar-refractivity contribution < 1.29 is 19.7 Å². The average molecular weight is 539 g/mol. The van der Waals surface area contributed by atoms with Crippen LogP contribution in [0.2, 0.25) is 0 Å². The van der Waals surface area contributed by atoms with Crippen molar-refractivity contribution in [2.24, 2.45) is 0 Å². The summed E-state index contributed by atoms with van der Waals surface area (Å²) >= 11 is 1.84. The molecular weight excluding hydrogens is 504 g/mol. The maximum absolute atomic E-state index is 10.00. The highest BCUT2D eigenvalue weighted by Gasteiger charge is 2.17. The van der Waals surface area contributed by atoms with E-state index < -0.39 is 0 Å². The second-order valence-electron chi connectivity index (χ2n) is 9.38. The monoisotopic (exact) mass is 538 g/mol. The highest BCUT2D eigenvalue weighted by atomic mass is 32.2. The van der Waals surface area contributed by atoms with Crippen LogP contribution in [0.25, 0.3) is 12.2 Å². The van der Waals surface area contributed by atoms with Gasteiger partial charge in [-0.05, 0) is 60.4 Å². The molecule has 0 fully saturated rings. The van der Waals surface area contributed by atoms with Crippen molar-refractivity contribution in [3.05, 3.63) is 130 Å². The number of thioether (sulfide) groups is 1. The van der Waals surface area contributed by atoms with Gasteiger partial charge in [-0.25, -0.2) is 0 Å². The first kappa shape index (κ1) is 27.9. The van der Waals surface area contributed by atoms with E-state index in [0.717, 1.165) is 11.1 Å². The lowest BCUT2D eigenvalue weighted by Gasteiger charge is -2.21. The normalized spacial score (nSPS) is 13.0. The quantitative estimate of drug-likeness (QED) is 0.212. The van der Waals surface area contributed by atoms with Crippen molar-refractivity contribution in [2.75, 3.05) is 14.2 Å². The Kier molecular flexibility index (Phi) is 9.40. The fourth-order valence-electron chi connectivity index (χ4n) is 4.13. The molecule has 200 valence electrons. The number of ether oxygens (including phenoxy) is 2. The summed E-state index contributed by atoms with van der Waals surface area (Å²) in [7, 11) is 3.10. The number of methoxy groups -OCH3 is 2. The Morgan fingerprint density at radius 2 is 0.974 bits per heavy atom. The SMILES string of the molecule is COc1cc(C=CC(SC(/C=C\c2ccc(O)c(OC)c2)c2ccc(C)cc2)c2ccc(C)cc2)ccc1O. The first-order valence-electron chi connectivity index (χ1n) is 12.8. The lowest BCUT2D eigenvalue weighted by molar-refractivity contribution is 0.373. The molecule has 5 heteroatoms. The van der Waals surface area contributed by atoms with Gasteiger partial charge in [0.15, 0.2) is 23.0 Å². The maximum atomic E-state index is 10.00. The van der Waals surface area contributed by atoms with Gasteiger partial charge in [0.2, 0.25) is 0 Å². The van der Waals surface area contributed by atoms with Crippen LogP contribution in [-0.4, -0.2) is 24.4 Å². The second kappa shape index (κ2) is 13.1.